The van der Waals surface area contributed by atoms with Crippen molar-refractivity contribution in [2.75, 3.05) is 4.90 Å². The molecule has 1 aliphatic rings. The molecule has 2 aromatic heterocycles. The number of furan rings is 1. The lowest BCUT2D eigenvalue weighted by molar-refractivity contribution is 0.632. The highest BCUT2D eigenvalue weighted by Crippen LogP contribution is 2.51. The van der Waals surface area contributed by atoms with E-state index >= 15 is 0 Å². The molecule has 4 aromatic carbocycles. The summed E-state index contributed by atoms with van der Waals surface area (Å²) < 4.78 is 5.91. The number of aromatic nitrogens is 1. The Morgan fingerprint density at radius 2 is 1.29 bits per heavy atom. The SMILES string of the molecule is CC1(C)c2ccccc2N(c2ccc(-c3cnc4oc5ccccc5c4c3)cc2)c2ccccc21. The number of fused-ring (bicyclic) bond motifs is 5. The van der Waals surface area contributed by atoms with Gasteiger partial charge in [0.2, 0.25) is 5.71 Å². The molecule has 6 aromatic rings. The topological polar surface area (TPSA) is 29.3 Å². The Labute approximate surface area is 204 Å². The lowest BCUT2D eigenvalue weighted by Crippen LogP contribution is -2.30. The van der Waals surface area contributed by atoms with E-state index in [-0.39, 0.29) is 5.41 Å². The van der Waals surface area contributed by atoms with Gasteiger partial charge >= 0.3 is 0 Å². The third-order valence-electron chi connectivity index (χ3n) is 7.33. The van der Waals surface area contributed by atoms with Gasteiger partial charge in [-0.05, 0) is 53.1 Å². The van der Waals surface area contributed by atoms with Gasteiger partial charge in [-0.25, -0.2) is 4.98 Å². The van der Waals surface area contributed by atoms with E-state index in [9.17, 15) is 0 Å². The Morgan fingerprint density at radius 1 is 0.657 bits per heavy atom. The Hall–Kier alpha value is -4.37. The van der Waals surface area contributed by atoms with Gasteiger partial charge in [-0.1, -0.05) is 80.6 Å². The van der Waals surface area contributed by atoms with Crippen molar-refractivity contribution in [3.63, 3.8) is 0 Å². The van der Waals surface area contributed by atoms with Crippen LogP contribution in [-0.4, -0.2) is 4.98 Å². The minimum Gasteiger partial charge on any atom is -0.438 e. The zero-order chi connectivity index (χ0) is 23.6. The van der Waals surface area contributed by atoms with E-state index in [4.69, 9.17) is 4.42 Å². The van der Waals surface area contributed by atoms with Crippen LogP contribution in [0.5, 0.6) is 0 Å². The predicted molar refractivity (Wildman–Crippen MR) is 144 cm³/mol. The predicted octanol–water partition coefficient (Wildman–Crippen LogP) is 8.76. The number of para-hydroxylation sites is 3. The lowest BCUT2D eigenvalue weighted by Gasteiger charge is -2.42. The molecule has 0 amide bonds. The van der Waals surface area contributed by atoms with Gasteiger partial charge in [-0.3, -0.25) is 0 Å². The van der Waals surface area contributed by atoms with Gasteiger partial charge in [-0.15, -0.1) is 0 Å². The van der Waals surface area contributed by atoms with Crippen LogP contribution in [0.15, 0.2) is 114 Å². The first-order valence-electron chi connectivity index (χ1n) is 12.0. The molecule has 0 N–H and O–H groups in total. The zero-order valence-electron chi connectivity index (χ0n) is 19.7. The average molecular weight is 453 g/mol. The fraction of sp³-hybridized carbons (Fsp3) is 0.0938. The molecule has 168 valence electrons. The van der Waals surface area contributed by atoms with Crippen LogP contribution in [0.3, 0.4) is 0 Å². The molecule has 0 atom stereocenters. The third kappa shape index (κ3) is 2.95. The van der Waals surface area contributed by atoms with Crippen LogP contribution in [0, 0.1) is 0 Å². The van der Waals surface area contributed by atoms with Crippen molar-refractivity contribution < 1.29 is 4.42 Å². The van der Waals surface area contributed by atoms with E-state index in [0.717, 1.165) is 33.2 Å². The van der Waals surface area contributed by atoms with Crippen molar-refractivity contribution in [1.29, 1.82) is 0 Å². The molecule has 0 radical (unpaired) electrons. The monoisotopic (exact) mass is 452 g/mol. The van der Waals surface area contributed by atoms with Crippen LogP contribution in [0.2, 0.25) is 0 Å². The van der Waals surface area contributed by atoms with Crippen LogP contribution in [0.1, 0.15) is 25.0 Å². The summed E-state index contributed by atoms with van der Waals surface area (Å²) in [6, 6.07) is 36.5. The summed E-state index contributed by atoms with van der Waals surface area (Å²) in [6.07, 6.45) is 1.90. The van der Waals surface area contributed by atoms with Gasteiger partial charge in [0.15, 0.2) is 0 Å². The Bertz CT molecular complexity index is 1680. The van der Waals surface area contributed by atoms with Crippen molar-refractivity contribution in [3.05, 3.63) is 120 Å². The third-order valence-corrected chi connectivity index (χ3v) is 7.33. The highest BCUT2D eigenvalue weighted by molar-refractivity contribution is 6.04. The van der Waals surface area contributed by atoms with Crippen molar-refractivity contribution in [1.82, 2.24) is 4.98 Å². The zero-order valence-corrected chi connectivity index (χ0v) is 19.7. The highest BCUT2D eigenvalue weighted by atomic mass is 16.3. The molecule has 0 saturated carbocycles. The standard InChI is InChI=1S/C32H24N2O/c1-32(2)26-10-4-6-12-28(26)34(29-13-7-5-11-27(29)32)23-17-15-21(16-18-23)22-19-25-24-9-3-8-14-30(24)35-31(25)33-20-22/h3-20H,1-2H3. The number of hydrogen-bond donors (Lipinski definition) is 0. The Morgan fingerprint density at radius 3 is 2.00 bits per heavy atom. The molecule has 3 heterocycles. The van der Waals surface area contributed by atoms with Gasteiger partial charge in [0, 0.05) is 33.6 Å². The second-order valence-electron chi connectivity index (χ2n) is 9.72. The fourth-order valence-electron chi connectivity index (χ4n) is 5.52. The van der Waals surface area contributed by atoms with Crippen LogP contribution < -0.4 is 4.90 Å². The van der Waals surface area contributed by atoms with Crippen molar-refractivity contribution >= 4 is 39.1 Å². The fourth-order valence-corrected chi connectivity index (χ4v) is 5.52. The first kappa shape index (κ1) is 20.0. The molecular weight excluding hydrogens is 428 g/mol. The van der Waals surface area contributed by atoms with Gasteiger partial charge in [0.1, 0.15) is 5.58 Å². The van der Waals surface area contributed by atoms with Crippen LogP contribution in [0.25, 0.3) is 33.2 Å². The Kier molecular flexibility index (Phi) is 4.19. The number of anilines is 3. The summed E-state index contributed by atoms with van der Waals surface area (Å²) in [7, 11) is 0. The molecule has 3 heteroatoms. The van der Waals surface area contributed by atoms with E-state index in [0.29, 0.717) is 5.71 Å². The van der Waals surface area contributed by atoms with Gasteiger partial charge in [-0.2, -0.15) is 0 Å². The average Bonchev–Trinajstić information content (AvgIpc) is 3.27. The van der Waals surface area contributed by atoms with E-state index in [1.165, 1.54) is 22.5 Å². The second kappa shape index (κ2) is 7.31. The quantitative estimate of drug-likeness (QED) is 0.263. The molecule has 0 unspecified atom stereocenters. The maximum atomic E-state index is 5.91. The molecule has 0 aliphatic carbocycles. The normalized spacial score (nSPS) is 14.2. The lowest BCUT2D eigenvalue weighted by atomic mass is 9.73. The van der Waals surface area contributed by atoms with Gasteiger partial charge in [0.25, 0.3) is 0 Å². The largest absolute Gasteiger partial charge is 0.438 e. The molecule has 0 fully saturated rings. The summed E-state index contributed by atoms with van der Waals surface area (Å²) in [5, 5.41) is 2.14. The number of benzene rings is 4. The molecule has 7 rings (SSSR count). The van der Waals surface area contributed by atoms with E-state index in [2.05, 4.69) is 109 Å². The second-order valence-corrected chi connectivity index (χ2v) is 9.72. The summed E-state index contributed by atoms with van der Waals surface area (Å²) >= 11 is 0. The molecule has 3 nitrogen and oxygen atoms in total. The molecule has 35 heavy (non-hydrogen) atoms. The molecule has 0 bridgehead atoms. The van der Waals surface area contributed by atoms with E-state index < -0.39 is 0 Å². The van der Waals surface area contributed by atoms with E-state index in [1.807, 2.05) is 24.4 Å². The van der Waals surface area contributed by atoms with Crippen molar-refractivity contribution in [3.8, 4) is 11.1 Å². The van der Waals surface area contributed by atoms with E-state index in [1.54, 1.807) is 0 Å². The summed E-state index contributed by atoms with van der Waals surface area (Å²) in [5.74, 6) is 0. The van der Waals surface area contributed by atoms with Crippen molar-refractivity contribution in [2.45, 2.75) is 19.3 Å². The summed E-state index contributed by atoms with van der Waals surface area (Å²) in [5.41, 5.74) is 9.99. The number of rotatable bonds is 2. The molecular formula is C32H24N2O. The van der Waals surface area contributed by atoms with Crippen LogP contribution in [0.4, 0.5) is 17.1 Å². The minimum atomic E-state index is -0.0575. The van der Waals surface area contributed by atoms with Gasteiger partial charge in [0.05, 0.1) is 11.4 Å². The minimum absolute atomic E-state index is 0.0575. The molecule has 1 aliphatic heterocycles. The van der Waals surface area contributed by atoms with Crippen LogP contribution in [-0.2, 0) is 5.41 Å². The summed E-state index contributed by atoms with van der Waals surface area (Å²) in [4.78, 5) is 6.99. The number of nitrogens with zero attached hydrogens (tertiary/aromatic N) is 2. The number of hydrogen-bond acceptors (Lipinski definition) is 3. The Balaban J connectivity index is 1.34. The van der Waals surface area contributed by atoms with Crippen molar-refractivity contribution in [2.24, 2.45) is 0 Å². The highest BCUT2D eigenvalue weighted by Gasteiger charge is 2.36. The molecule has 0 saturated heterocycles. The molecule has 0 spiro atoms. The van der Waals surface area contributed by atoms with Gasteiger partial charge < -0.3 is 9.32 Å². The maximum Gasteiger partial charge on any atom is 0.227 e. The first-order chi connectivity index (χ1) is 17.1. The number of pyridine rings is 1. The first-order valence-corrected chi connectivity index (χ1v) is 12.0. The summed E-state index contributed by atoms with van der Waals surface area (Å²) in [6.45, 7) is 4.63. The maximum absolute atomic E-state index is 5.91. The smallest absolute Gasteiger partial charge is 0.227 e. The van der Waals surface area contributed by atoms with Crippen LogP contribution >= 0.6 is 0 Å².